The van der Waals surface area contributed by atoms with Crippen LogP contribution in [-0.4, -0.2) is 13.5 Å². The van der Waals surface area contributed by atoms with Gasteiger partial charge in [0, 0.05) is 10.8 Å². The lowest BCUT2D eigenvalue weighted by Crippen LogP contribution is -1.88. The predicted molar refractivity (Wildman–Crippen MR) is 30.3 cm³/mol. The molecule has 7 heavy (non-hydrogen) atoms. The standard InChI is InChI=1S/C3H4O2S2/c4-6-1-2-7(5)3-6/h1-2H,3H2. The second kappa shape index (κ2) is 1.88. The van der Waals surface area contributed by atoms with Gasteiger partial charge in [-0.15, -0.1) is 0 Å². The summed E-state index contributed by atoms with van der Waals surface area (Å²) in [6.45, 7) is 0. The molecule has 1 heterocycles. The monoisotopic (exact) mass is 136 g/mol. The third kappa shape index (κ3) is 1.21. The van der Waals surface area contributed by atoms with Gasteiger partial charge in [-0.1, -0.05) is 0 Å². The molecule has 1 aliphatic rings. The van der Waals surface area contributed by atoms with E-state index in [0.29, 0.717) is 5.08 Å². The first-order valence-electron chi connectivity index (χ1n) is 1.72. The summed E-state index contributed by atoms with van der Waals surface area (Å²) in [6, 6.07) is 0. The van der Waals surface area contributed by atoms with E-state index in [1.807, 2.05) is 0 Å². The van der Waals surface area contributed by atoms with E-state index in [-0.39, 0.29) is 0 Å². The molecule has 0 amide bonds. The van der Waals surface area contributed by atoms with E-state index in [1.54, 1.807) is 0 Å². The van der Waals surface area contributed by atoms with Crippen LogP contribution in [0.1, 0.15) is 0 Å². The van der Waals surface area contributed by atoms with E-state index in [9.17, 15) is 8.42 Å². The molecule has 0 saturated heterocycles. The van der Waals surface area contributed by atoms with Crippen LogP contribution >= 0.6 is 0 Å². The highest BCUT2D eigenvalue weighted by Gasteiger charge is 2.06. The predicted octanol–water partition coefficient (Wildman–Crippen LogP) is -0.0739. The van der Waals surface area contributed by atoms with E-state index in [4.69, 9.17) is 0 Å². The topological polar surface area (TPSA) is 34.1 Å². The first-order valence-corrected chi connectivity index (χ1v) is 4.48. The van der Waals surface area contributed by atoms with Gasteiger partial charge in [-0.25, -0.2) is 0 Å². The SMILES string of the molecule is O=S1C=CS(=O)C1. The van der Waals surface area contributed by atoms with Crippen molar-refractivity contribution >= 4 is 21.6 Å². The third-order valence-electron chi connectivity index (χ3n) is 0.591. The molecule has 0 aromatic rings. The molecule has 0 spiro atoms. The summed E-state index contributed by atoms with van der Waals surface area (Å²) in [6.07, 6.45) is 0. The van der Waals surface area contributed by atoms with Crippen LogP contribution in [-0.2, 0) is 21.6 Å². The van der Waals surface area contributed by atoms with E-state index >= 15 is 0 Å². The summed E-state index contributed by atoms with van der Waals surface area (Å²) in [5.41, 5.74) is 0. The molecule has 2 atom stereocenters. The van der Waals surface area contributed by atoms with Crippen LogP contribution in [0, 0.1) is 0 Å². The second-order valence-electron chi connectivity index (χ2n) is 1.15. The van der Waals surface area contributed by atoms with E-state index < -0.39 is 21.6 Å². The molecule has 1 rings (SSSR count). The molecule has 0 saturated carbocycles. The maximum absolute atomic E-state index is 10.3. The number of hydrogen-bond donors (Lipinski definition) is 0. The molecule has 4 heteroatoms. The van der Waals surface area contributed by atoms with Gasteiger partial charge in [-0.2, -0.15) is 0 Å². The lowest BCUT2D eigenvalue weighted by Gasteiger charge is -1.75. The van der Waals surface area contributed by atoms with Gasteiger partial charge in [0.05, 0.1) is 21.6 Å². The Morgan fingerprint density at radius 3 is 1.71 bits per heavy atom. The zero-order valence-electron chi connectivity index (χ0n) is 3.49. The molecule has 1 aliphatic heterocycles. The van der Waals surface area contributed by atoms with Crippen LogP contribution in [0.5, 0.6) is 0 Å². The Morgan fingerprint density at radius 1 is 1.14 bits per heavy atom. The summed E-state index contributed by atoms with van der Waals surface area (Å²) in [5.74, 6) is 0. The summed E-state index contributed by atoms with van der Waals surface area (Å²) in [4.78, 5) is 0. The van der Waals surface area contributed by atoms with Crippen LogP contribution < -0.4 is 0 Å². The van der Waals surface area contributed by atoms with Gasteiger partial charge < -0.3 is 0 Å². The van der Waals surface area contributed by atoms with Crippen molar-refractivity contribution in [2.75, 3.05) is 5.08 Å². The Morgan fingerprint density at radius 2 is 1.57 bits per heavy atom. The summed E-state index contributed by atoms with van der Waals surface area (Å²) >= 11 is 0. The lowest BCUT2D eigenvalue weighted by molar-refractivity contribution is 0.686. The van der Waals surface area contributed by atoms with Gasteiger partial charge in [0.2, 0.25) is 0 Å². The summed E-state index contributed by atoms with van der Waals surface area (Å²) in [7, 11) is -1.87. The molecule has 0 aromatic carbocycles. The molecule has 0 radical (unpaired) electrons. The smallest absolute Gasteiger partial charge is 0.107 e. The van der Waals surface area contributed by atoms with Gasteiger partial charge in [0.15, 0.2) is 0 Å². The highest BCUT2D eigenvalue weighted by atomic mass is 32.2. The van der Waals surface area contributed by atoms with E-state index in [2.05, 4.69) is 0 Å². The van der Waals surface area contributed by atoms with Crippen LogP contribution in [0.25, 0.3) is 0 Å². The maximum atomic E-state index is 10.3. The molecule has 0 aliphatic carbocycles. The Labute approximate surface area is 46.5 Å². The first-order chi connectivity index (χ1) is 3.29. The fraction of sp³-hybridized carbons (Fsp3) is 0.333. The van der Waals surface area contributed by atoms with Crippen molar-refractivity contribution < 1.29 is 8.42 Å². The largest absolute Gasteiger partial charge is 0.254 e. The molecule has 0 aromatic heterocycles. The molecular weight excluding hydrogens is 132 g/mol. The second-order valence-corrected chi connectivity index (χ2v) is 4.16. The van der Waals surface area contributed by atoms with Crippen molar-refractivity contribution in [1.29, 1.82) is 0 Å². The Balaban J connectivity index is 2.76. The lowest BCUT2D eigenvalue weighted by atomic mass is 11.3. The van der Waals surface area contributed by atoms with Crippen molar-refractivity contribution in [3.63, 3.8) is 0 Å². The maximum Gasteiger partial charge on any atom is 0.107 e. The Bertz CT molecular complexity index is 133. The minimum Gasteiger partial charge on any atom is -0.254 e. The molecular formula is C3H4O2S2. The molecule has 2 nitrogen and oxygen atoms in total. The number of rotatable bonds is 0. The first kappa shape index (κ1) is 5.18. The highest BCUT2D eigenvalue weighted by Crippen LogP contribution is 2.00. The van der Waals surface area contributed by atoms with Crippen molar-refractivity contribution in [2.24, 2.45) is 0 Å². The fourth-order valence-corrected chi connectivity index (χ4v) is 2.85. The Hall–Kier alpha value is 0.0400. The van der Waals surface area contributed by atoms with Gasteiger partial charge in [-0.05, 0) is 0 Å². The average Bonchev–Trinajstić information content (AvgIpc) is 1.87. The molecule has 0 fully saturated rings. The zero-order valence-corrected chi connectivity index (χ0v) is 5.13. The molecule has 40 valence electrons. The normalized spacial score (nSPS) is 39.4. The average molecular weight is 136 g/mol. The third-order valence-corrected chi connectivity index (χ3v) is 3.50. The van der Waals surface area contributed by atoms with Crippen LogP contribution in [0.2, 0.25) is 0 Å². The van der Waals surface area contributed by atoms with Crippen molar-refractivity contribution in [3.05, 3.63) is 10.8 Å². The van der Waals surface area contributed by atoms with Crippen LogP contribution in [0.15, 0.2) is 10.8 Å². The highest BCUT2D eigenvalue weighted by molar-refractivity contribution is 8.07. The minimum absolute atomic E-state index is 0.306. The quantitative estimate of drug-likeness (QED) is 0.467. The van der Waals surface area contributed by atoms with Crippen molar-refractivity contribution in [3.8, 4) is 0 Å². The molecule has 2 unspecified atom stereocenters. The summed E-state index contributed by atoms with van der Waals surface area (Å²) < 4.78 is 20.6. The van der Waals surface area contributed by atoms with E-state index in [1.165, 1.54) is 10.8 Å². The zero-order chi connectivity index (χ0) is 5.28. The molecule has 0 bridgehead atoms. The van der Waals surface area contributed by atoms with Crippen molar-refractivity contribution in [1.82, 2.24) is 0 Å². The van der Waals surface area contributed by atoms with Crippen LogP contribution in [0.3, 0.4) is 0 Å². The minimum atomic E-state index is -0.934. The Kier molecular flexibility index (Phi) is 1.39. The van der Waals surface area contributed by atoms with Crippen molar-refractivity contribution in [2.45, 2.75) is 0 Å². The van der Waals surface area contributed by atoms with Crippen LogP contribution in [0.4, 0.5) is 0 Å². The van der Waals surface area contributed by atoms with Gasteiger partial charge in [0.25, 0.3) is 0 Å². The van der Waals surface area contributed by atoms with E-state index in [0.717, 1.165) is 0 Å². The summed E-state index contributed by atoms with van der Waals surface area (Å²) in [5, 5.41) is 3.24. The van der Waals surface area contributed by atoms with Gasteiger partial charge in [-0.3, -0.25) is 8.42 Å². The fourth-order valence-electron chi connectivity index (χ4n) is 0.317. The number of hydrogen-bond acceptors (Lipinski definition) is 2. The molecule has 0 N–H and O–H groups in total. The van der Waals surface area contributed by atoms with Gasteiger partial charge in [0.1, 0.15) is 5.08 Å². The van der Waals surface area contributed by atoms with Gasteiger partial charge >= 0.3 is 0 Å².